The van der Waals surface area contributed by atoms with Crippen molar-refractivity contribution < 1.29 is 0 Å². The second kappa shape index (κ2) is 5.54. The van der Waals surface area contributed by atoms with Crippen LogP contribution in [-0.2, 0) is 0 Å². The highest BCUT2D eigenvalue weighted by Gasteiger charge is 2.08. The molecule has 2 heterocycles. The maximum absolute atomic E-state index is 4.65. The topological polar surface area (TPSA) is 50.7 Å². The van der Waals surface area contributed by atoms with Crippen molar-refractivity contribution in [2.24, 2.45) is 0 Å². The highest BCUT2D eigenvalue weighted by atomic mass is 32.1. The van der Waals surface area contributed by atoms with E-state index in [-0.39, 0.29) is 0 Å². The van der Waals surface area contributed by atoms with Gasteiger partial charge in [0, 0.05) is 11.1 Å². The average molecular weight is 304 g/mol. The van der Waals surface area contributed by atoms with E-state index in [0.29, 0.717) is 0 Å². The second-order valence-corrected chi connectivity index (χ2v) is 5.77. The number of hydrogen-bond acceptors (Lipinski definition) is 5. The van der Waals surface area contributed by atoms with Gasteiger partial charge in [-0.25, -0.2) is 4.98 Å². The molecule has 0 aliphatic rings. The molecule has 0 radical (unpaired) electrons. The number of aromatic nitrogens is 3. The van der Waals surface area contributed by atoms with E-state index in [1.165, 1.54) is 11.3 Å². The lowest BCUT2D eigenvalue weighted by molar-refractivity contribution is 1.09. The van der Waals surface area contributed by atoms with E-state index in [9.17, 15) is 0 Å². The number of anilines is 2. The SMILES string of the molecule is c1ccc(Nc2nnc(-c3ccc4ccccc4n3)s2)cc1. The zero-order valence-corrected chi connectivity index (χ0v) is 12.4. The predicted molar refractivity (Wildman–Crippen MR) is 90.4 cm³/mol. The van der Waals surface area contributed by atoms with Crippen LogP contribution in [0.25, 0.3) is 21.6 Å². The minimum Gasteiger partial charge on any atom is -0.330 e. The van der Waals surface area contributed by atoms with Gasteiger partial charge in [0.25, 0.3) is 0 Å². The number of nitrogens with zero attached hydrogens (tertiary/aromatic N) is 3. The number of pyridine rings is 1. The van der Waals surface area contributed by atoms with Crippen molar-refractivity contribution in [3.63, 3.8) is 0 Å². The molecule has 1 N–H and O–H groups in total. The molecular weight excluding hydrogens is 292 g/mol. The maximum Gasteiger partial charge on any atom is 0.210 e. The number of hydrogen-bond donors (Lipinski definition) is 1. The van der Waals surface area contributed by atoms with Crippen LogP contribution < -0.4 is 5.32 Å². The minimum absolute atomic E-state index is 0.760. The van der Waals surface area contributed by atoms with Crippen LogP contribution in [0, 0.1) is 0 Å². The Morgan fingerprint density at radius 3 is 2.50 bits per heavy atom. The molecule has 4 rings (SSSR count). The Morgan fingerprint density at radius 1 is 0.773 bits per heavy atom. The molecule has 0 saturated heterocycles. The Morgan fingerprint density at radius 2 is 1.59 bits per heavy atom. The van der Waals surface area contributed by atoms with Crippen LogP contribution in [0.15, 0.2) is 66.7 Å². The fourth-order valence-corrected chi connectivity index (χ4v) is 2.94. The summed E-state index contributed by atoms with van der Waals surface area (Å²) in [5.41, 5.74) is 2.81. The molecule has 0 fully saturated rings. The van der Waals surface area contributed by atoms with Gasteiger partial charge in [-0.1, -0.05) is 53.8 Å². The molecule has 4 nitrogen and oxygen atoms in total. The van der Waals surface area contributed by atoms with E-state index in [0.717, 1.165) is 32.4 Å². The van der Waals surface area contributed by atoms with E-state index >= 15 is 0 Å². The summed E-state index contributed by atoms with van der Waals surface area (Å²) in [4.78, 5) is 4.65. The van der Waals surface area contributed by atoms with Crippen LogP contribution in [0.3, 0.4) is 0 Å². The molecule has 0 amide bonds. The van der Waals surface area contributed by atoms with Crippen molar-refractivity contribution in [2.45, 2.75) is 0 Å². The van der Waals surface area contributed by atoms with Gasteiger partial charge in [-0.15, -0.1) is 10.2 Å². The van der Waals surface area contributed by atoms with Gasteiger partial charge in [0.2, 0.25) is 5.13 Å². The first kappa shape index (κ1) is 12.9. The first-order valence-corrected chi connectivity index (χ1v) is 7.72. The third-order valence-corrected chi connectivity index (χ3v) is 4.13. The van der Waals surface area contributed by atoms with Crippen molar-refractivity contribution in [3.05, 3.63) is 66.7 Å². The normalized spacial score (nSPS) is 10.7. The Hall–Kier alpha value is -2.79. The van der Waals surface area contributed by atoms with Gasteiger partial charge in [-0.2, -0.15) is 0 Å². The average Bonchev–Trinajstić information content (AvgIpc) is 3.04. The highest BCUT2D eigenvalue weighted by molar-refractivity contribution is 7.18. The van der Waals surface area contributed by atoms with Crippen LogP contribution in [0.2, 0.25) is 0 Å². The number of rotatable bonds is 3. The molecule has 0 saturated carbocycles. The van der Waals surface area contributed by atoms with Crippen LogP contribution in [0.5, 0.6) is 0 Å². The third kappa shape index (κ3) is 2.54. The van der Waals surface area contributed by atoms with E-state index < -0.39 is 0 Å². The molecule has 2 aromatic heterocycles. The summed E-state index contributed by atoms with van der Waals surface area (Å²) in [5.74, 6) is 0. The van der Waals surface area contributed by atoms with Crippen molar-refractivity contribution in [1.82, 2.24) is 15.2 Å². The summed E-state index contributed by atoms with van der Waals surface area (Å²) in [6.07, 6.45) is 0. The zero-order valence-electron chi connectivity index (χ0n) is 11.6. The van der Waals surface area contributed by atoms with Crippen LogP contribution >= 0.6 is 11.3 Å². The van der Waals surface area contributed by atoms with Crippen LogP contribution in [0.1, 0.15) is 0 Å². The van der Waals surface area contributed by atoms with Gasteiger partial charge in [-0.05, 0) is 24.3 Å². The Bertz CT molecular complexity index is 918. The lowest BCUT2D eigenvalue weighted by Gasteiger charge is -2.00. The fourth-order valence-electron chi connectivity index (χ4n) is 2.21. The summed E-state index contributed by atoms with van der Waals surface area (Å²) in [6.45, 7) is 0. The van der Waals surface area contributed by atoms with E-state index in [2.05, 4.69) is 32.6 Å². The molecule has 5 heteroatoms. The summed E-state index contributed by atoms with van der Waals surface area (Å²) >= 11 is 1.49. The molecule has 0 bridgehead atoms. The second-order valence-electron chi connectivity index (χ2n) is 4.79. The molecular formula is C17H12N4S. The first-order valence-electron chi connectivity index (χ1n) is 6.90. The van der Waals surface area contributed by atoms with Crippen molar-refractivity contribution in [3.8, 4) is 10.7 Å². The summed E-state index contributed by atoms with van der Waals surface area (Å²) in [5, 5.41) is 14.4. The lowest BCUT2D eigenvalue weighted by Crippen LogP contribution is -1.87. The highest BCUT2D eigenvalue weighted by Crippen LogP contribution is 2.28. The lowest BCUT2D eigenvalue weighted by atomic mass is 10.2. The van der Waals surface area contributed by atoms with Gasteiger partial charge in [0.1, 0.15) is 5.69 Å². The molecule has 2 aromatic carbocycles. The van der Waals surface area contributed by atoms with Crippen molar-refractivity contribution in [1.29, 1.82) is 0 Å². The summed E-state index contributed by atoms with van der Waals surface area (Å²) < 4.78 is 0. The standard InChI is InChI=1S/C17H12N4S/c1-2-7-13(8-3-1)18-17-21-20-16(22-17)15-11-10-12-6-4-5-9-14(12)19-15/h1-11H,(H,18,21). The van der Waals surface area contributed by atoms with Gasteiger partial charge < -0.3 is 5.32 Å². The number of fused-ring (bicyclic) bond motifs is 1. The van der Waals surface area contributed by atoms with Gasteiger partial charge in [-0.3, -0.25) is 0 Å². The first-order chi connectivity index (χ1) is 10.9. The van der Waals surface area contributed by atoms with Crippen LogP contribution in [-0.4, -0.2) is 15.2 Å². The van der Waals surface area contributed by atoms with Crippen molar-refractivity contribution in [2.75, 3.05) is 5.32 Å². The maximum atomic E-state index is 4.65. The largest absolute Gasteiger partial charge is 0.330 e. The van der Waals surface area contributed by atoms with Crippen LogP contribution in [0.4, 0.5) is 10.8 Å². The number of benzene rings is 2. The smallest absolute Gasteiger partial charge is 0.210 e. The molecule has 0 spiro atoms. The molecule has 22 heavy (non-hydrogen) atoms. The van der Waals surface area contributed by atoms with Gasteiger partial charge >= 0.3 is 0 Å². The Labute approximate surface area is 131 Å². The molecule has 0 aliphatic heterocycles. The van der Waals surface area contributed by atoms with Crippen molar-refractivity contribution >= 4 is 33.1 Å². The van der Waals surface area contributed by atoms with Gasteiger partial charge in [0.05, 0.1) is 5.52 Å². The quantitative estimate of drug-likeness (QED) is 0.605. The zero-order chi connectivity index (χ0) is 14.8. The Kier molecular flexibility index (Phi) is 3.25. The molecule has 0 aliphatic carbocycles. The Balaban J connectivity index is 1.65. The van der Waals surface area contributed by atoms with Gasteiger partial charge in [0.15, 0.2) is 5.01 Å². The predicted octanol–water partition coefficient (Wildman–Crippen LogP) is 4.50. The minimum atomic E-state index is 0.760. The molecule has 4 aromatic rings. The third-order valence-electron chi connectivity index (χ3n) is 3.27. The number of para-hydroxylation sites is 2. The number of nitrogens with one attached hydrogen (secondary N) is 1. The monoisotopic (exact) mass is 304 g/mol. The fraction of sp³-hybridized carbons (Fsp3) is 0. The van der Waals surface area contributed by atoms with E-state index in [4.69, 9.17) is 0 Å². The summed E-state index contributed by atoms with van der Waals surface area (Å²) in [7, 11) is 0. The molecule has 0 atom stereocenters. The van der Waals surface area contributed by atoms with E-state index in [1.807, 2.05) is 54.6 Å². The van der Waals surface area contributed by atoms with E-state index in [1.54, 1.807) is 0 Å². The molecule has 106 valence electrons. The molecule has 0 unspecified atom stereocenters. The summed E-state index contributed by atoms with van der Waals surface area (Å²) in [6, 6.07) is 22.0.